The second-order valence-corrected chi connectivity index (χ2v) is 6.91. The Balaban J connectivity index is 1.61. The Morgan fingerprint density at radius 2 is 1.88 bits per heavy atom. The number of rotatable bonds is 3. The van der Waals surface area contributed by atoms with Gasteiger partial charge in [-0.3, -0.25) is 4.98 Å². The van der Waals surface area contributed by atoms with Gasteiger partial charge in [0.15, 0.2) is 11.5 Å². The van der Waals surface area contributed by atoms with Crippen molar-refractivity contribution in [3.05, 3.63) is 51.7 Å². The molecule has 1 aliphatic heterocycles. The largest absolute Gasteiger partial charge is 0.355 e. The number of aromatic amines is 2. The number of nitrogens with one attached hydrogen (secondary N) is 2. The third kappa shape index (κ3) is 2.79. The molecule has 0 radical (unpaired) electrons. The Bertz CT molecular complexity index is 940. The molecule has 0 atom stereocenters. The van der Waals surface area contributed by atoms with E-state index in [-0.39, 0.29) is 11.1 Å². The molecule has 25 heavy (non-hydrogen) atoms. The van der Waals surface area contributed by atoms with Gasteiger partial charge in [-0.05, 0) is 30.5 Å². The Morgan fingerprint density at radius 3 is 2.56 bits per heavy atom. The molecular weight excluding hydrogens is 340 g/mol. The summed E-state index contributed by atoms with van der Waals surface area (Å²) in [6.45, 7) is 2.20. The summed E-state index contributed by atoms with van der Waals surface area (Å²) >= 11 is 6.01. The molecule has 4 rings (SSSR count). The first kappa shape index (κ1) is 16.1. The lowest BCUT2D eigenvalue weighted by Crippen LogP contribution is -2.47. The van der Waals surface area contributed by atoms with E-state index >= 15 is 0 Å². The number of halogens is 1. The molecule has 1 aliphatic rings. The van der Waals surface area contributed by atoms with Gasteiger partial charge in [0.25, 0.3) is 0 Å². The van der Waals surface area contributed by atoms with Crippen LogP contribution in [0.25, 0.3) is 11.2 Å². The number of benzene rings is 1. The van der Waals surface area contributed by atoms with Crippen molar-refractivity contribution in [2.75, 3.05) is 24.5 Å². The van der Waals surface area contributed by atoms with Crippen LogP contribution in [0.4, 0.5) is 5.82 Å². The van der Waals surface area contributed by atoms with Gasteiger partial charge in [-0.25, -0.2) is 14.8 Å². The molecule has 130 valence electrons. The molecule has 7 nitrogen and oxygen atoms in total. The number of fused-ring (bicyclic) bond motifs is 1. The maximum atomic E-state index is 11.6. The standard InChI is InChI=1S/C17H19ClN6O/c18-12-3-1-11(2-4-12)17(9-19)5-7-24(8-6-17)15-13-14(20-10-21-15)23-16(25)22-13/h1-4,10H,5-9,19H2,(H2,20,21,22,23,25). The fraction of sp³-hybridized carbons (Fsp3) is 0.353. The van der Waals surface area contributed by atoms with Crippen molar-refractivity contribution in [2.45, 2.75) is 18.3 Å². The molecule has 2 aromatic heterocycles. The van der Waals surface area contributed by atoms with Crippen LogP contribution in [-0.4, -0.2) is 39.6 Å². The molecule has 0 bridgehead atoms. The van der Waals surface area contributed by atoms with Crippen molar-refractivity contribution in [3.8, 4) is 0 Å². The Labute approximate surface area is 149 Å². The molecule has 0 amide bonds. The lowest BCUT2D eigenvalue weighted by molar-refractivity contribution is 0.339. The van der Waals surface area contributed by atoms with Gasteiger partial charge >= 0.3 is 5.69 Å². The van der Waals surface area contributed by atoms with E-state index in [0.29, 0.717) is 17.7 Å². The molecule has 1 aromatic carbocycles. The predicted octanol–water partition coefficient (Wildman–Crippen LogP) is 1.80. The van der Waals surface area contributed by atoms with Gasteiger partial charge < -0.3 is 15.6 Å². The van der Waals surface area contributed by atoms with Crippen LogP contribution in [0.1, 0.15) is 18.4 Å². The fourth-order valence-corrected chi connectivity index (χ4v) is 3.76. The monoisotopic (exact) mass is 358 g/mol. The molecule has 0 saturated carbocycles. The van der Waals surface area contributed by atoms with E-state index in [1.165, 1.54) is 11.9 Å². The number of nitrogens with zero attached hydrogens (tertiary/aromatic N) is 3. The number of imidazole rings is 1. The summed E-state index contributed by atoms with van der Waals surface area (Å²) < 4.78 is 0. The van der Waals surface area contributed by atoms with Crippen LogP contribution in [0.2, 0.25) is 5.02 Å². The molecule has 8 heteroatoms. The van der Waals surface area contributed by atoms with Crippen LogP contribution in [0.5, 0.6) is 0 Å². The summed E-state index contributed by atoms with van der Waals surface area (Å²) in [6.07, 6.45) is 3.29. The van der Waals surface area contributed by atoms with Crippen molar-refractivity contribution >= 4 is 28.6 Å². The van der Waals surface area contributed by atoms with E-state index in [9.17, 15) is 4.79 Å². The van der Waals surface area contributed by atoms with Gasteiger partial charge in [-0.15, -0.1) is 0 Å². The molecule has 3 heterocycles. The second kappa shape index (κ2) is 6.16. The quantitative estimate of drug-likeness (QED) is 0.662. The average Bonchev–Trinajstić information content (AvgIpc) is 3.02. The summed E-state index contributed by atoms with van der Waals surface area (Å²) in [5.74, 6) is 0.755. The van der Waals surface area contributed by atoms with Gasteiger partial charge in [0.05, 0.1) is 0 Å². The Kier molecular flexibility index (Phi) is 3.97. The SMILES string of the molecule is NCC1(c2ccc(Cl)cc2)CCN(c2ncnc3[nH]c(=O)[nH]c23)CC1. The lowest BCUT2D eigenvalue weighted by atomic mass is 9.73. The zero-order valence-corrected chi connectivity index (χ0v) is 14.4. The normalized spacial score (nSPS) is 17.1. The van der Waals surface area contributed by atoms with E-state index in [1.54, 1.807) is 0 Å². The molecule has 0 unspecified atom stereocenters. The summed E-state index contributed by atoms with van der Waals surface area (Å²) in [6, 6.07) is 7.97. The molecular formula is C17H19ClN6O. The lowest BCUT2D eigenvalue weighted by Gasteiger charge is -2.42. The van der Waals surface area contributed by atoms with Gasteiger partial charge in [0.2, 0.25) is 0 Å². The third-order valence-electron chi connectivity index (χ3n) is 5.17. The number of hydrogen-bond donors (Lipinski definition) is 3. The fourth-order valence-electron chi connectivity index (χ4n) is 3.64. The Morgan fingerprint density at radius 1 is 1.16 bits per heavy atom. The predicted molar refractivity (Wildman–Crippen MR) is 98.1 cm³/mol. The van der Waals surface area contributed by atoms with Gasteiger partial charge in [-0.2, -0.15) is 0 Å². The van der Waals surface area contributed by atoms with Crippen molar-refractivity contribution in [2.24, 2.45) is 5.73 Å². The maximum Gasteiger partial charge on any atom is 0.325 e. The van der Waals surface area contributed by atoms with Crippen molar-refractivity contribution in [1.82, 2.24) is 19.9 Å². The van der Waals surface area contributed by atoms with Crippen LogP contribution in [0.3, 0.4) is 0 Å². The van der Waals surface area contributed by atoms with Gasteiger partial charge in [0.1, 0.15) is 11.8 Å². The average molecular weight is 359 g/mol. The van der Waals surface area contributed by atoms with E-state index in [4.69, 9.17) is 17.3 Å². The van der Waals surface area contributed by atoms with E-state index < -0.39 is 0 Å². The number of H-pyrrole nitrogens is 2. The minimum Gasteiger partial charge on any atom is -0.355 e. The highest BCUT2D eigenvalue weighted by Gasteiger charge is 2.35. The Hall–Kier alpha value is -2.38. The van der Waals surface area contributed by atoms with Crippen LogP contribution in [0.15, 0.2) is 35.4 Å². The molecule has 3 aromatic rings. The van der Waals surface area contributed by atoms with Crippen LogP contribution in [-0.2, 0) is 5.41 Å². The minimum absolute atomic E-state index is 0.0568. The molecule has 4 N–H and O–H groups in total. The van der Waals surface area contributed by atoms with E-state index in [2.05, 4.69) is 37.0 Å². The number of nitrogens with two attached hydrogens (primary N) is 1. The smallest absolute Gasteiger partial charge is 0.325 e. The first-order valence-corrected chi connectivity index (χ1v) is 8.63. The molecule has 0 aliphatic carbocycles. The highest BCUT2D eigenvalue weighted by Crippen LogP contribution is 2.36. The molecule has 1 saturated heterocycles. The van der Waals surface area contributed by atoms with E-state index in [1.807, 2.05) is 12.1 Å². The van der Waals surface area contributed by atoms with Crippen molar-refractivity contribution in [3.63, 3.8) is 0 Å². The molecule has 0 spiro atoms. The minimum atomic E-state index is -0.272. The number of aromatic nitrogens is 4. The number of hydrogen-bond acceptors (Lipinski definition) is 5. The van der Waals surface area contributed by atoms with Crippen LogP contribution in [0, 0.1) is 0 Å². The summed E-state index contributed by atoms with van der Waals surface area (Å²) in [4.78, 5) is 27.7. The number of anilines is 1. The first-order chi connectivity index (χ1) is 12.1. The summed E-state index contributed by atoms with van der Waals surface area (Å²) in [7, 11) is 0. The van der Waals surface area contributed by atoms with E-state index in [0.717, 1.165) is 36.8 Å². The topological polar surface area (TPSA) is 104 Å². The van der Waals surface area contributed by atoms with Crippen molar-refractivity contribution < 1.29 is 0 Å². The third-order valence-corrected chi connectivity index (χ3v) is 5.42. The first-order valence-electron chi connectivity index (χ1n) is 8.25. The summed E-state index contributed by atoms with van der Waals surface area (Å²) in [5.41, 5.74) is 8.23. The van der Waals surface area contributed by atoms with Gasteiger partial charge in [0, 0.05) is 30.1 Å². The zero-order chi connectivity index (χ0) is 17.4. The zero-order valence-electron chi connectivity index (χ0n) is 13.6. The summed E-state index contributed by atoms with van der Waals surface area (Å²) in [5, 5.41) is 0.730. The second-order valence-electron chi connectivity index (χ2n) is 6.48. The molecule has 1 fully saturated rings. The highest BCUT2D eigenvalue weighted by atomic mass is 35.5. The van der Waals surface area contributed by atoms with Gasteiger partial charge in [-0.1, -0.05) is 23.7 Å². The van der Waals surface area contributed by atoms with Crippen molar-refractivity contribution in [1.29, 1.82) is 0 Å². The van der Waals surface area contributed by atoms with Crippen LogP contribution < -0.4 is 16.3 Å². The van der Waals surface area contributed by atoms with Crippen LogP contribution >= 0.6 is 11.6 Å². The number of piperidine rings is 1. The maximum absolute atomic E-state index is 11.6. The highest BCUT2D eigenvalue weighted by molar-refractivity contribution is 6.30.